The van der Waals surface area contributed by atoms with Crippen LogP contribution in [0.5, 0.6) is 0 Å². The number of rotatable bonds is 4. The van der Waals surface area contributed by atoms with E-state index in [0.717, 1.165) is 65.4 Å². The summed E-state index contributed by atoms with van der Waals surface area (Å²) in [6.07, 6.45) is 6.17. The maximum Gasteiger partial charge on any atom is 0.0543 e. The van der Waals surface area contributed by atoms with Gasteiger partial charge in [-0.05, 0) is 77.4 Å². The second kappa shape index (κ2) is 12.7. The van der Waals surface area contributed by atoms with Gasteiger partial charge in [0.15, 0.2) is 0 Å². The Bertz CT molecular complexity index is 634. The molecular weight excluding hydrogens is 372 g/mol. The van der Waals surface area contributed by atoms with Gasteiger partial charge >= 0.3 is 0 Å². The van der Waals surface area contributed by atoms with Crippen molar-refractivity contribution in [1.82, 2.24) is 29.6 Å². The molecule has 0 amide bonds. The van der Waals surface area contributed by atoms with Crippen LogP contribution in [0.2, 0.25) is 0 Å². The third kappa shape index (κ3) is 8.48. The minimum absolute atomic E-state index is 0.941. The van der Waals surface area contributed by atoms with E-state index in [0.29, 0.717) is 0 Å². The van der Waals surface area contributed by atoms with Gasteiger partial charge in [-0.25, -0.2) is 0 Å². The molecule has 6 heteroatoms. The van der Waals surface area contributed by atoms with Crippen LogP contribution in [0.4, 0.5) is 0 Å². The fourth-order valence-electron chi connectivity index (χ4n) is 3.96. The van der Waals surface area contributed by atoms with Crippen LogP contribution in [-0.2, 0) is 13.1 Å². The van der Waals surface area contributed by atoms with Crippen molar-refractivity contribution in [2.75, 3.05) is 66.5 Å². The van der Waals surface area contributed by atoms with Gasteiger partial charge in [0.1, 0.15) is 0 Å². The summed E-state index contributed by atoms with van der Waals surface area (Å²) in [5.41, 5.74) is 2.33. The molecule has 0 radical (unpaired) electrons. The minimum Gasteiger partial charge on any atom is -0.305 e. The monoisotopic (exact) mass is 410 g/mol. The van der Waals surface area contributed by atoms with Crippen LogP contribution >= 0.6 is 0 Å². The molecule has 1 aliphatic heterocycles. The number of hydrogen-bond donors (Lipinski definition) is 0. The highest BCUT2D eigenvalue weighted by molar-refractivity contribution is 5.04. The molecule has 1 aliphatic rings. The Hall–Kier alpha value is -1.86. The number of likely N-dealkylation sites (N-methyl/N-ethyl adjacent to an activating group) is 2. The van der Waals surface area contributed by atoms with Gasteiger partial charge in [0, 0.05) is 51.7 Å². The molecule has 0 N–H and O–H groups in total. The maximum atomic E-state index is 4.53. The lowest BCUT2D eigenvalue weighted by molar-refractivity contribution is 0.172. The lowest BCUT2D eigenvalue weighted by Gasteiger charge is -2.29. The molecule has 2 aromatic heterocycles. The van der Waals surface area contributed by atoms with Crippen LogP contribution in [-0.4, -0.2) is 96.0 Å². The topological polar surface area (TPSA) is 38.7 Å². The van der Waals surface area contributed by atoms with Crippen molar-refractivity contribution in [3.05, 3.63) is 60.2 Å². The van der Waals surface area contributed by atoms with Crippen molar-refractivity contribution in [3.63, 3.8) is 0 Å². The van der Waals surface area contributed by atoms with Gasteiger partial charge in [0.2, 0.25) is 0 Å². The molecule has 0 atom stereocenters. The van der Waals surface area contributed by atoms with E-state index >= 15 is 0 Å². The average molecular weight is 411 g/mol. The summed E-state index contributed by atoms with van der Waals surface area (Å²) >= 11 is 0. The predicted molar refractivity (Wildman–Crippen MR) is 123 cm³/mol. The number of nitrogens with zero attached hydrogens (tertiary/aromatic N) is 6. The van der Waals surface area contributed by atoms with Crippen molar-refractivity contribution in [3.8, 4) is 0 Å². The van der Waals surface area contributed by atoms with Gasteiger partial charge in [0.25, 0.3) is 0 Å². The SMILES string of the molecule is CN1CCCN(Cc2ccccn2)CCN(C)CCCN(Cc2ccccn2)CC1. The summed E-state index contributed by atoms with van der Waals surface area (Å²) < 4.78 is 0. The van der Waals surface area contributed by atoms with Crippen LogP contribution in [0, 0.1) is 0 Å². The molecule has 3 heterocycles. The number of pyridine rings is 2. The molecular formula is C24H38N6. The zero-order chi connectivity index (χ0) is 21.0. The van der Waals surface area contributed by atoms with Crippen molar-refractivity contribution >= 4 is 0 Å². The Balaban J connectivity index is 1.55. The Morgan fingerprint density at radius 2 is 1.07 bits per heavy atom. The highest BCUT2D eigenvalue weighted by Crippen LogP contribution is 2.07. The molecule has 1 saturated heterocycles. The standard InChI is InChI=1S/C24H38N6/c1-27-13-7-15-30(22-24-10-4-6-12-26-24)20-18-28(2)14-8-16-29(19-17-27)21-23-9-3-5-11-25-23/h3-6,9-12H,7-8,13-22H2,1-2H3. The zero-order valence-corrected chi connectivity index (χ0v) is 18.8. The van der Waals surface area contributed by atoms with Crippen LogP contribution in [0.1, 0.15) is 24.2 Å². The molecule has 164 valence electrons. The number of hydrogen-bond acceptors (Lipinski definition) is 6. The molecule has 0 unspecified atom stereocenters. The molecule has 1 fully saturated rings. The molecule has 30 heavy (non-hydrogen) atoms. The molecule has 0 spiro atoms. The summed E-state index contributed by atoms with van der Waals surface area (Å²) in [6, 6.07) is 12.4. The minimum atomic E-state index is 0.941. The summed E-state index contributed by atoms with van der Waals surface area (Å²) in [5.74, 6) is 0. The summed E-state index contributed by atoms with van der Waals surface area (Å²) in [6.45, 7) is 10.8. The molecule has 3 rings (SSSR count). The molecule has 2 aromatic rings. The first-order valence-corrected chi connectivity index (χ1v) is 11.3. The second-order valence-electron chi connectivity index (χ2n) is 8.51. The average Bonchev–Trinajstić information content (AvgIpc) is 2.76. The van der Waals surface area contributed by atoms with Gasteiger partial charge in [0.05, 0.1) is 11.4 Å². The van der Waals surface area contributed by atoms with E-state index in [1.807, 2.05) is 24.5 Å². The van der Waals surface area contributed by atoms with Gasteiger partial charge in [-0.15, -0.1) is 0 Å². The van der Waals surface area contributed by atoms with E-state index in [-0.39, 0.29) is 0 Å². The van der Waals surface area contributed by atoms with Crippen LogP contribution < -0.4 is 0 Å². The first kappa shape index (κ1) is 22.8. The first-order chi connectivity index (χ1) is 14.7. The Kier molecular flexibility index (Phi) is 9.70. The zero-order valence-electron chi connectivity index (χ0n) is 18.8. The molecule has 0 saturated carbocycles. The molecule has 6 nitrogen and oxygen atoms in total. The van der Waals surface area contributed by atoms with Gasteiger partial charge in [-0.2, -0.15) is 0 Å². The van der Waals surface area contributed by atoms with E-state index in [2.05, 4.69) is 67.9 Å². The molecule has 0 aliphatic carbocycles. The van der Waals surface area contributed by atoms with Gasteiger partial charge in [-0.3, -0.25) is 19.8 Å². The van der Waals surface area contributed by atoms with Crippen LogP contribution in [0.25, 0.3) is 0 Å². The van der Waals surface area contributed by atoms with Crippen molar-refractivity contribution in [1.29, 1.82) is 0 Å². The lowest BCUT2D eigenvalue weighted by Crippen LogP contribution is -2.39. The highest BCUT2D eigenvalue weighted by atomic mass is 15.2. The second-order valence-corrected chi connectivity index (χ2v) is 8.51. The first-order valence-electron chi connectivity index (χ1n) is 11.3. The van der Waals surface area contributed by atoms with Gasteiger partial charge in [-0.1, -0.05) is 12.1 Å². The summed E-state index contributed by atoms with van der Waals surface area (Å²) in [5, 5.41) is 0. The van der Waals surface area contributed by atoms with E-state index in [1.165, 1.54) is 24.2 Å². The quantitative estimate of drug-likeness (QED) is 0.771. The fraction of sp³-hybridized carbons (Fsp3) is 0.583. The largest absolute Gasteiger partial charge is 0.305 e. The normalized spacial score (nSPS) is 20.1. The Labute approximate surface area is 182 Å². The fourth-order valence-corrected chi connectivity index (χ4v) is 3.96. The van der Waals surface area contributed by atoms with Crippen molar-refractivity contribution in [2.45, 2.75) is 25.9 Å². The Morgan fingerprint density at radius 3 is 1.47 bits per heavy atom. The van der Waals surface area contributed by atoms with Crippen molar-refractivity contribution < 1.29 is 0 Å². The molecule has 0 bridgehead atoms. The van der Waals surface area contributed by atoms with E-state index in [4.69, 9.17) is 0 Å². The third-order valence-corrected chi connectivity index (χ3v) is 5.85. The van der Waals surface area contributed by atoms with E-state index in [1.54, 1.807) is 0 Å². The number of aromatic nitrogens is 2. The lowest BCUT2D eigenvalue weighted by atomic mass is 10.2. The Morgan fingerprint density at radius 1 is 0.600 bits per heavy atom. The maximum absolute atomic E-state index is 4.53. The van der Waals surface area contributed by atoms with Crippen molar-refractivity contribution in [2.24, 2.45) is 0 Å². The predicted octanol–water partition coefficient (Wildman–Crippen LogP) is 2.44. The summed E-state index contributed by atoms with van der Waals surface area (Å²) in [4.78, 5) is 19.1. The smallest absolute Gasteiger partial charge is 0.0543 e. The highest BCUT2D eigenvalue weighted by Gasteiger charge is 2.13. The van der Waals surface area contributed by atoms with E-state index < -0.39 is 0 Å². The molecule has 0 aromatic carbocycles. The third-order valence-electron chi connectivity index (χ3n) is 5.85. The van der Waals surface area contributed by atoms with Crippen LogP contribution in [0.15, 0.2) is 48.8 Å². The van der Waals surface area contributed by atoms with E-state index in [9.17, 15) is 0 Å². The summed E-state index contributed by atoms with van der Waals surface area (Å²) in [7, 11) is 4.50. The van der Waals surface area contributed by atoms with Gasteiger partial charge < -0.3 is 9.80 Å². The van der Waals surface area contributed by atoms with Crippen LogP contribution in [0.3, 0.4) is 0 Å².